The fraction of sp³-hybridized carbons (Fsp3) is 0.286. The van der Waals surface area contributed by atoms with Crippen molar-refractivity contribution in [2.75, 3.05) is 5.32 Å². The number of aryl methyl sites for hydroxylation is 1. The van der Waals surface area contributed by atoms with Gasteiger partial charge >= 0.3 is 0 Å². The van der Waals surface area contributed by atoms with E-state index in [4.69, 9.17) is 5.73 Å². The van der Waals surface area contributed by atoms with Crippen LogP contribution in [-0.2, 0) is 11.2 Å². The number of hydrogen-bond acceptors (Lipinski definition) is 4. The van der Waals surface area contributed by atoms with Crippen LogP contribution in [0.3, 0.4) is 0 Å². The van der Waals surface area contributed by atoms with Crippen LogP contribution in [0, 0.1) is 0 Å². The van der Waals surface area contributed by atoms with Crippen LogP contribution in [0.2, 0.25) is 0 Å². The minimum absolute atomic E-state index is 0.220. The summed E-state index contributed by atoms with van der Waals surface area (Å²) in [4.78, 5) is 15.9. The smallest absolute Gasteiger partial charge is 0.242 e. The van der Waals surface area contributed by atoms with E-state index in [0.717, 1.165) is 17.7 Å². The van der Waals surface area contributed by atoms with Crippen molar-refractivity contribution in [2.45, 2.75) is 26.3 Å². The van der Waals surface area contributed by atoms with Crippen molar-refractivity contribution in [1.82, 2.24) is 4.98 Å². The van der Waals surface area contributed by atoms with Gasteiger partial charge in [0.15, 0.2) is 5.13 Å². The first kappa shape index (κ1) is 13.7. The van der Waals surface area contributed by atoms with Gasteiger partial charge in [0.25, 0.3) is 0 Å². The molecule has 0 aliphatic heterocycles. The molecule has 0 radical (unpaired) electrons. The highest BCUT2D eigenvalue weighted by Crippen LogP contribution is 2.25. The highest BCUT2D eigenvalue weighted by Gasteiger charge is 2.10. The van der Waals surface area contributed by atoms with E-state index in [1.54, 1.807) is 6.92 Å². The van der Waals surface area contributed by atoms with Crippen molar-refractivity contribution in [1.29, 1.82) is 0 Å². The Balaban J connectivity index is 2.13. The summed E-state index contributed by atoms with van der Waals surface area (Å²) in [5.41, 5.74) is 8.71. The molecule has 0 aliphatic rings. The number of rotatable bonds is 4. The van der Waals surface area contributed by atoms with E-state index < -0.39 is 6.04 Å². The summed E-state index contributed by atoms with van der Waals surface area (Å²) in [6, 6.07) is 7.75. The molecule has 0 aliphatic carbocycles. The SMILES string of the molecule is CCc1ccc(-c2csc(NC(=O)[C@@H](C)N)n2)cc1. The van der Waals surface area contributed by atoms with E-state index in [0.29, 0.717) is 5.13 Å². The Morgan fingerprint density at radius 2 is 2.11 bits per heavy atom. The van der Waals surface area contributed by atoms with Crippen molar-refractivity contribution in [2.24, 2.45) is 5.73 Å². The second kappa shape index (κ2) is 5.95. The van der Waals surface area contributed by atoms with Gasteiger partial charge in [-0.3, -0.25) is 4.79 Å². The lowest BCUT2D eigenvalue weighted by molar-refractivity contribution is -0.117. The van der Waals surface area contributed by atoms with Crippen molar-refractivity contribution in [3.63, 3.8) is 0 Å². The zero-order chi connectivity index (χ0) is 13.8. The maximum absolute atomic E-state index is 11.5. The van der Waals surface area contributed by atoms with Gasteiger partial charge < -0.3 is 11.1 Å². The fourth-order valence-corrected chi connectivity index (χ4v) is 2.32. The van der Waals surface area contributed by atoms with Crippen LogP contribution in [0.4, 0.5) is 5.13 Å². The summed E-state index contributed by atoms with van der Waals surface area (Å²) in [6.45, 7) is 3.77. The molecule has 3 N–H and O–H groups in total. The number of nitrogens with two attached hydrogens (primary N) is 1. The molecule has 1 aromatic heterocycles. The molecule has 1 heterocycles. The number of carbonyl (C=O) groups is 1. The quantitative estimate of drug-likeness (QED) is 0.901. The molecule has 0 saturated heterocycles. The Kier molecular flexibility index (Phi) is 4.29. The Morgan fingerprint density at radius 3 is 2.68 bits per heavy atom. The number of amides is 1. The molecule has 4 nitrogen and oxygen atoms in total. The number of carbonyl (C=O) groups excluding carboxylic acids is 1. The summed E-state index contributed by atoms with van der Waals surface area (Å²) in [5, 5.41) is 5.21. The third kappa shape index (κ3) is 3.39. The third-order valence-electron chi connectivity index (χ3n) is 2.81. The zero-order valence-corrected chi connectivity index (χ0v) is 11.8. The highest BCUT2D eigenvalue weighted by atomic mass is 32.1. The largest absolute Gasteiger partial charge is 0.320 e. The van der Waals surface area contributed by atoms with Crippen LogP contribution in [0.15, 0.2) is 29.6 Å². The van der Waals surface area contributed by atoms with E-state index in [9.17, 15) is 4.79 Å². The van der Waals surface area contributed by atoms with Gasteiger partial charge in [0.2, 0.25) is 5.91 Å². The van der Waals surface area contributed by atoms with E-state index in [1.807, 2.05) is 17.5 Å². The average molecular weight is 275 g/mol. The van der Waals surface area contributed by atoms with Crippen LogP contribution in [0.5, 0.6) is 0 Å². The van der Waals surface area contributed by atoms with Gasteiger partial charge in [-0.05, 0) is 18.9 Å². The summed E-state index contributed by atoms with van der Waals surface area (Å²) in [6.07, 6.45) is 1.02. The first-order chi connectivity index (χ1) is 9.10. The molecule has 1 atom stereocenters. The normalized spacial score (nSPS) is 12.2. The number of aromatic nitrogens is 1. The number of nitrogens with one attached hydrogen (secondary N) is 1. The molecule has 5 heteroatoms. The Bertz CT molecular complexity index is 560. The predicted octanol–water partition coefficient (Wildman–Crippen LogP) is 2.66. The van der Waals surface area contributed by atoms with Crippen LogP contribution < -0.4 is 11.1 Å². The molecule has 19 heavy (non-hydrogen) atoms. The van der Waals surface area contributed by atoms with Crippen molar-refractivity contribution in [3.05, 3.63) is 35.2 Å². The molecule has 0 spiro atoms. The van der Waals surface area contributed by atoms with E-state index in [2.05, 4.69) is 29.4 Å². The Hall–Kier alpha value is -1.72. The van der Waals surface area contributed by atoms with Gasteiger partial charge in [-0.25, -0.2) is 4.98 Å². The average Bonchev–Trinajstić information content (AvgIpc) is 2.87. The zero-order valence-electron chi connectivity index (χ0n) is 11.0. The molecule has 0 fully saturated rings. The van der Waals surface area contributed by atoms with E-state index in [1.165, 1.54) is 16.9 Å². The second-order valence-electron chi connectivity index (χ2n) is 4.37. The van der Waals surface area contributed by atoms with Gasteiger partial charge in [0.1, 0.15) is 0 Å². The molecule has 1 amide bonds. The first-order valence-electron chi connectivity index (χ1n) is 6.21. The minimum atomic E-state index is -0.531. The van der Waals surface area contributed by atoms with Gasteiger partial charge in [0, 0.05) is 10.9 Å². The first-order valence-corrected chi connectivity index (χ1v) is 7.09. The number of thiazole rings is 1. The maximum Gasteiger partial charge on any atom is 0.242 e. The van der Waals surface area contributed by atoms with Gasteiger partial charge in [-0.1, -0.05) is 31.2 Å². The standard InChI is InChI=1S/C14H17N3OS/c1-3-10-4-6-11(7-5-10)12-8-19-14(16-12)17-13(18)9(2)15/h4-9H,3,15H2,1-2H3,(H,16,17,18)/t9-/m1/s1. The topological polar surface area (TPSA) is 68.0 Å². The monoisotopic (exact) mass is 275 g/mol. The molecule has 2 aromatic rings. The van der Waals surface area contributed by atoms with Crippen molar-refractivity contribution < 1.29 is 4.79 Å². The fourth-order valence-electron chi connectivity index (χ4n) is 1.59. The maximum atomic E-state index is 11.5. The molecule has 100 valence electrons. The summed E-state index contributed by atoms with van der Waals surface area (Å²) < 4.78 is 0. The summed E-state index contributed by atoms with van der Waals surface area (Å²) in [5.74, 6) is -0.220. The lowest BCUT2D eigenvalue weighted by atomic mass is 10.1. The summed E-state index contributed by atoms with van der Waals surface area (Å²) in [7, 11) is 0. The van der Waals surface area contributed by atoms with Crippen molar-refractivity contribution >= 4 is 22.4 Å². The molecule has 1 aromatic carbocycles. The van der Waals surface area contributed by atoms with Gasteiger partial charge in [0.05, 0.1) is 11.7 Å². The molecule has 2 rings (SSSR count). The molecule has 0 bridgehead atoms. The van der Waals surface area contributed by atoms with E-state index in [-0.39, 0.29) is 5.91 Å². The molecule has 0 saturated carbocycles. The minimum Gasteiger partial charge on any atom is -0.320 e. The number of nitrogens with zero attached hydrogens (tertiary/aromatic N) is 1. The molecular formula is C14H17N3OS. The number of benzene rings is 1. The van der Waals surface area contributed by atoms with E-state index >= 15 is 0 Å². The van der Waals surface area contributed by atoms with Gasteiger partial charge in [-0.15, -0.1) is 11.3 Å². The van der Waals surface area contributed by atoms with Crippen LogP contribution in [0.25, 0.3) is 11.3 Å². The second-order valence-corrected chi connectivity index (χ2v) is 5.22. The Labute approximate surface area is 116 Å². The summed E-state index contributed by atoms with van der Waals surface area (Å²) >= 11 is 1.40. The van der Waals surface area contributed by atoms with Crippen molar-refractivity contribution in [3.8, 4) is 11.3 Å². The van der Waals surface area contributed by atoms with Crippen LogP contribution >= 0.6 is 11.3 Å². The van der Waals surface area contributed by atoms with Crippen LogP contribution in [-0.4, -0.2) is 16.9 Å². The van der Waals surface area contributed by atoms with Crippen LogP contribution in [0.1, 0.15) is 19.4 Å². The third-order valence-corrected chi connectivity index (χ3v) is 3.56. The van der Waals surface area contributed by atoms with Gasteiger partial charge in [-0.2, -0.15) is 0 Å². The lowest BCUT2D eigenvalue weighted by Gasteiger charge is -2.03. The number of hydrogen-bond donors (Lipinski definition) is 2. The molecular weight excluding hydrogens is 258 g/mol. The Morgan fingerprint density at radius 1 is 1.42 bits per heavy atom. The highest BCUT2D eigenvalue weighted by molar-refractivity contribution is 7.14. The lowest BCUT2D eigenvalue weighted by Crippen LogP contribution is -2.32. The molecule has 0 unspecified atom stereocenters. The number of anilines is 1. The predicted molar refractivity (Wildman–Crippen MR) is 79.2 cm³/mol.